The Bertz CT molecular complexity index is 1120. The molecule has 0 saturated carbocycles. The van der Waals surface area contributed by atoms with Gasteiger partial charge >= 0.3 is 5.97 Å². The first-order valence-electron chi connectivity index (χ1n) is 14.4. The average molecular weight is 544 g/mol. The number of rotatable bonds is 12. The van der Waals surface area contributed by atoms with Crippen molar-refractivity contribution in [3.05, 3.63) is 57.4 Å². The number of carbonyl (C=O) groups excluding carboxylic acids is 1. The first-order chi connectivity index (χ1) is 18.7. The molecule has 0 aromatic carbocycles. The highest BCUT2D eigenvalue weighted by Gasteiger charge is 2.44. The third-order valence-corrected chi connectivity index (χ3v) is 8.48. The molecule has 1 aromatic heterocycles. The fourth-order valence-corrected chi connectivity index (χ4v) is 6.30. The van der Waals surface area contributed by atoms with Crippen molar-refractivity contribution in [2.45, 2.75) is 77.7 Å². The van der Waals surface area contributed by atoms with Crippen LogP contribution < -0.4 is 5.43 Å². The van der Waals surface area contributed by atoms with Gasteiger partial charge in [0.1, 0.15) is 17.1 Å². The molecule has 1 aromatic rings. The number of fused-ring (bicyclic) bond motifs is 3. The Balaban J connectivity index is 1.61. The van der Waals surface area contributed by atoms with E-state index in [1.807, 2.05) is 0 Å². The Morgan fingerprint density at radius 2 is 2.03 bits per heavy atom. The summed E-state index contributed by atoms with van der Waals surface area (Å²) in [6.07, 6.45) is 12.1. The van der Waals surface area contributed by atoms with Gasteiger partial charge in [-0.05, 0) is 44.4 Å². The Kier molecular flexibility index (Phi) is 9.94. The van der Waals surface area contributed by atoms with Crippen LogP contribution in [0, 0.1) is 17.3 Å². The quantitative estimate of drug-likeness (QED) is 0.206. The van der Waals surface area contributed by atoms with Crippen molar-refractivity contribution in [2.24, 2.45) is 17.3 Å². The summed E-state index contributed by atoms with van der Waals surface area (Å²) < 4.78 is 24.7. The monoisotopic (exact) mass is 543 g/mol. The maximum atomic E-state index is 13.1. The fraction of sp³-hybridized carbons (Fsp3) is 0.677. The molecule has 216 valence electrons. The van der Waals surface area contributed by atoms with E-state index in [1.54, 1.807) is 26.3 Å². The molecule has 0 radical (unpaired) electrons. The zero-order chi connectivity index (χ0) is 28.0. The molecule has 2 heterocycles. The second kappa shape index (κ2) is 13.2. The van der Waals surface area contributed by atoms with E-state index in [1.165, 1.54) is 0 Å². The molecule has 1 aliphatic heterocycles. The predicted molar refractivity (Wildman–Crippen MR) is 149 cm³/mol. The van der Waals surface area contributed by atoms with Gasteiger partial charge in [-0.1, -0.05) is 26.0 Å². The SMILES string of the molecule is CCOC(=O)c1cn2c(cc1=O)C1CC(O)=C(OCCCOC)CC1CC2C(C)(C)COCC1CC=CCC1. The summed E-state index contributed by atoms with van der Waals surface area (Å²) in [6, 6.07) is 1.57. The van der Waals surface area contributed by atoms with Gasteiger partial charge < -0.3 is 28.6 Å². The molecule has 0 fully saturated rings. The highest BCUT2D eigenvalue weighted by Crippen LogP contribution is 2.51. The molecule has 4 rings (SSSR count). The summed E-state index contributed by atoms with van der Waals surface area (Å²) in [7, 11) is 1.66. The lowest BCUT2D eigenvalue weighted by atomic mass is 9.68. The van der Waals surface area contributed by atoms with Crippen LogP contribution in [0.1, 0.15) is 93.7 Å². The molecule has 4 atom stereocenters. The highest BCUT2D eigenvalue weighted by molar-refractivity contribution is 5.89. The minimum Gasteiger partial charge on any atom is -0.509 e. The van der Waals surface area contributed by atoms with E-state index in [0.29, 0.717) is 44.3 Å². The standard InChI is InChI=1S/C31H45NO7/c1-5-38-30(35)24-18-32-25(17-26(24)33)23-16-27(34)28(39-13-9-12-36-4)14-22(23)15-29(32)31(2,3)20-37-19-21-10-7-6-8-11-21/h6-7,17-18,21-23,29,34H,5,8-16,19-20H2,1-4H3. The minimum atomic E-state index is -0.601. The van der Waals surface area contributed by atoms with Crippen LogP contribution in [-0.4, -0.2) is 55.8 Å². The number of esters is 1. The zero-order valence-electron chi connectivity index (χ0n) is 23.9. The van der Waals surface area contributed by atoms with Crippen LogP contribution in [0.15, 0.2) is 40.7 Å². The third-order valence-electron chi connectivity index (χ3n) is 8.48. The van der Waals surface area contributed by atoms with Gasteiger partial charge in [0, 0.05) is 74.9 Å². The molecule has 2 aliphatic carbocycles. The molecule has 0 amide bonds. The number of hydrogen-bond acceptors (Lipinski definition) is 7. The first-order valence-corrected chi connectivity index (χ1v) is 14.4. The smallest absolute Gasteiger partial charge is 0.343 e. The summed E-state index contributed by atoms with van der Waals surface area (Å²) in [4.78, 5) is 25.7. The minimum absolute atomic E-state index is 0.0104. The lowest BCUT2D eigenvalue weighted by molar-refractivity contribution is -0.00229. The second-order valence-corrected chi connectivity index (χ2v) is 11.8. The molecule has 0 bridgehead atoms. The summed E-state index contributed by atoms with van der Waals surface area (Å²) in [5, 5.41) is 10.9. The molecule has 4 unspecified atom stereocenters. The Morgan fingerprint density at radius 1 is 1.21 bits per heavy atom. The Hall–Kier alpha value is -2.58. The number of aromatic nitrogens is 1. The topological polar surface area (TPSA) is 96.2 Å². The largest absolute Gasteiger partial charge is 0.509 e. The van der Waals surface area contributed by atoms with Crippen LogP contribution in [0.5, 0.6) is 0 Å². The second-order valence-electron chi connectivity index (χ2n) is 11.8. The third kappa shape index (κ3) is 6.95. The maximum absolute atomic E-state index is 13.1. The van der Waals surface area contributed by atoms with Gasteiger partial charge in [0.15, 0.2) is 5.43 Å². The van der Waals surface area contributed by atoms with E-state index in [4.69, 9.17) is 18.9 Å². The van der Waals surface area contributed by atoms with Gasteiger partial charge in [-0.25, -0.2) is 4.79 Å². The van der Waals surface area contributed by atoms with Gasteiger partial charge in [0.2, 0.25) is 0 Å². The van der Waals surface area contributed by atoms with E-state index in [-0.39, 0.29) is 46.7 Å². The lowest BCUT2D eigenvalue weighted by Gasteiger charge is -2.47. The molecule has 0 spiro atoms. The van der Waals surface area contributed by atoms with Crippen LogP contribution in [0.3, 0.4) is 0 Å². The molecule has 3 aliphatic rings. The van der Waals surface area contributed by atoms with Crippen molar-refractivity contribution in [1.29, 1.82) is 0 Å². The van der Waals surface area contributed by atoms with Crippen molar-refractivity contribution >= 4 is 5.97 Å². The van der Waals surface area contributed by atoms with E-state index >= 15 is 0 Å². The van der Waals surface area contributed by atoms with Crippen LogP contribution in [0.2, 0.25) is 0 Å². The Labute approximate surface area is 232 Å². The maximum Gasteiger partial charge on any atom is 0.343 e. The molecule has 8 nitrogen and oxygen atoms in total. The van der Waals surface area contributed by atoms with Gasteiger partial charge in [0.05, 0.1) is 19.8 Å². The van der Waals surface area contributed by atoms with Gasteiger partial charge in [0.25, 0.3) is 0 Å². The molecular weight excluding hydrogens is 498 g/mol. The first kappa shape index (κ1) is 29.4. The molecule has 39 heavy (non-hydrogen) atoms. The number of methoxy groups -OCH3 is 1. The highest BCUT2D eigenvalue weighted by atomic mass is 16.5. The number of carbonyl (C=O) groups is 1. The molecule has 0 saturated heterocycles. The summed E-state index contributed by atoms with van der Waals surface area (Å²) >= 11 is 0. The zero-order valence-corrected chi connectivity index (χ0v) is 23.9. The van der Waals surface area contributed by atoms with Crippen LogP contribution in [0.4, 0.5) is 0 Å². The van der Waals surface area contributed by atoms with E-state index in [0.717, 1.165) is 44.4 Å². The van der Waals surface area contributed by atoms with Crippen molar-refractivity contribution in [2.75, 3.05) is 40.1 Å². The normalized spacial score (nSPS) is 24.7. The molecule has 8 heteroatoms. The van der Waals surface area contributed by atoms with E-state index in [9.17, 15) is 14.7 Å². The number of aliphatic hydroxyl groups is 1. The number of nitrogens with zero attached hydrogens (tertiary/aromatic N) is 1. The fourth-order valence-electron chi connectivity index (χ4n) is 6.30. The van der Waals surface area contributed by atoms with Crippen LogP contribution >= 0.6 is 0 Å². The van der Waals surface area contributed by atoms with E-state index in [2.05, 4.69) is 30.6 Å². The van der Waals surface area contributed by atoms with Crippen molar-refractivity contribution < 1.29 is 28.8 Å². The number of pyridine rings is 1. The van der Waals surface area contributed by atoms with Crippen molar-refractivity contribution in [1.82, 2.24) is 4.57 Å². The number of allylic oxidation sites excluding steroid dienone is 4. The van der Waals surface area contributed by atoms with Gasteiger partial charge in [-0.15, -0.1) is 0 Å². The van der Waals surface area contributed by atoms with Gasteiger partial charge in [-0.3, -0.25) is 4.79 Å². The average Bonchev–Trinajstić information content (AvgIpc) is 2.91. The lowest BCUT2D eigenvalue weighted by Crippen LogP contribution is -2.42. The van der Waals surface area contributed by atoms with Crippen molar-refractivity contribution in [3.8, 4) is 0 Å². The van der Waals surface area contributed by atoms with Gasteiger partial charge in [-0.2, -0.15) is 0 Å². The molecular formula is C31H45NO7. The van der Waals surface area contributed by atoms with Crippen LogP contribution in [-0.2, 0) is 18.9 Å². The van der Waals surface area contributed by atoms with E-state index < -0.39 is 5.97 Å². The summed E-state index contributed by atoms with van der Waals surface area (Å²) in [5.41, 5.74) is 0.286. The summed E-state index contributed by atoms with van der Waals surface area (Å²) in [5.74, 6) is 0.982. The summed E-state index contributed by atoms with van der Waals surface area (Å²) in [6.45, 7) is 8.72. The number of hydrogen-bond donors (Lipinski definition) is 1. The number of aliphatic hydroxyl groups excluding tert-OH is 1. The van der Waals surface area contributed by atoms with Crippen LogP contribution in [0.25, 0.3) is 0 Å². The van der Waals surface area contributed by atoms with Crippen molar-refractivity contribution in [3.63, 3.8) is 0 Å². The molecule has 1 N–H and O–H groups in total. The predicted octanol–water partition coefficient (Wildman–Crippen LogP) is 5.69. The number of ether oxygens (including phenoxy) is 4. The Morgan fingerprint density at radius 3 is 2.74 bits per heavy atom.